The highest BCUT2D eigenvalue weighted by Gasteiger charge is 2.12. The van der Waals surface area contributed by atoms with E-state index < -0.39 is 10.1 Å². The van der Waals surface area contributed by atoms with Gasteiger partial charge < -0.3 is 4.74 Å². The van der Waals surface area contributed by atoms with Crippen molar-refractivity contribution in [2.75, 3.05) is 14.2 Å². The Morgan fingerprint density at radius 2 is 1.53 bits per heavy atom. The van der Waals surface area contributed by atoms with Crippen molar-refractivity contribution in [1.29, 1.82) is 0 Å². The molecule has 2 rings (SSSR count). The van der Waals surface area contributed by atoms with E-state index in [2.05, 4.69) is 4.74 Å². The molecule has 0 atom stereocenters. The van der Waals surface area contributed by atoms with Gasteiger partial charge in [0.2, 0.25) is 0 Å². The lowest BCUT2D eigenvalue weighted by Crippen LogP contribution is -1.98. The topological polar surface area (TPSA) is 63.6 Å². The molecular weight excluding hydrogens is 240 g/mol. The Morgan fingerprint density at radius 3 is 2.12 bits per heavy atom. The van der Waals surface area contributed by atoms with Crippen LogP contribution in [-0.2, 0) is 14.9 Å². The fourth-order valence-electron chi connectivity index (χ4n) is 1.42. The zero-order valence-electron chi connectivity index (χ0n) is 9.62. The summed E-state index contributed by atoms with van der Waals surface area (Å²) >= 11 is 0. The van der Waals surface area contributed by atoms with Crippen LogP contribution < -0.4 is 0 Å². The average molecular weight is 254 g/mol. The van der Waals surface area contributed by atoms with Gasteiger partial charge in [0.15, 0.2) is 0 Å². The molecule has 4 nitrogen and oxygen atoms in total. The molecule has 0 radical (unpaired) electrons. The van der Waals surface area contributed by atoms with Gasteiger partial charge in [0, 0.05) is 19.6 Å². The van der Waals surface area contributed by atoms with E-state index in [-0.39, 0.29) is 4.90 Å². The predicted molar refractivity (Wildman–Crippen MR) is 66.7 cm³/mol. The second-order valence-electron chi connectivity index (χ2n) is 3.36. The Labute approximate surface area is 101 Å². The molecule has 5 heteroatoms. The van der Waals surface area contributed by atoms with Crippen molar-refractivity contribution in [3.05, 3.63) is 42.5 Å². The second-order valence-corrected chi connectivity index (χ2v) is 4.75. The van der Waals surface area contributed by atoms with Crippen LogP contribution in [0, 0.1) is 0 Å². The van der Waals surface area contributed by atoms with E-state index in [1.165, 1.54) is 6.07 Å². The molecule has 0 aliphatic rings. The van der Waals surface area contributed by atoms with Crippen LogP contribution in [0.15, 0.2) is 47.4 Å². The van der Waals surface area contributed by atoms with Gasteiger partial charge in [-0.05, 0) is 11.5 Å². The fourth-order valence-corrected chi connectivity index (χ4v) is 2.13. The van der Waals surface area contributed by atoms with Crippen molar-refractivity contribution in [3.63, 3.8) is 0 Å². The first-order valence-corrected chi connectivity index (χ1v) is 6.30. The Bertz CT molecular complexity index is 585. The lowest BCUT2D eigenvalue weighted by Gasteiger charge is -2.02. The summed E-state index contributed by atoms with van der Waals surface area (Å²) in [7, 11) is -0.879. The highest BCUT2D eigenvalue weighted by Crippen LogP contribution is 2.21. The average Bonchev–Trinajstić information content (AvgIpc) is 2.28. The van der Waals surface area contributed by atoms with Gasteiger partial charge in [-0.2, -0.15) is 8.42 Å². The molecule has 0 bridgehead atoms. The maximum atomic E-state index is 11.0. The minimum Gasteiger partial charge on any atom is -0.388 e. The standard InChI is InChI=1S/C10H8O3S.C2H6O/c11-14(12,13)10-7-3-5-8-4-1-2-6-9(8)10;1-3-2/h1-7H,(H,11,12,13);1-2H3. The van der Waals surface area contributed by atoms with Crippen molar-refractivity contribution in [2.45, 2.75) is 4.90 Å². The lowest BCUT2D eigenvalue weighted by atomic mass is 10.1. The molecule has 0 saturated carbocycles. The molecule has 0 amide bonds. The SMILES string of the molecule is COC.O=S(=O)(O)c1cccc2ccccc12. The number of hydrogen-bond acceptors (Lipinski definition) is 3. The number of benzene rings is 2. The first-order chi connectivity index (χ1) is 8.00. The molecule has 0 spiro atoms. The third-order valence-corrected chi connectivity index (χ3v) is 2.94. The molecule has 1 N–H and O–H groups in total. The van der Waals surface area contributed by atoms with Crippen LogP contribution >= 0.6 is 0 Å². The van der Waals surface area contributed by atoms with Gasteiger partial charge in [-0.25, -0.2) is 0 Å². The molecule has 0 fully saturated rings. The van der Waals surface area contributed by atoms with Crippen molar-refractivity contribution >= 4 is 20.9 Å². The number of methoxy groups -OCH3 is 1. The van der Waals surface area contributed by atoms with Crippen LogP contribution in [-0.4, -0.2) is 27.2 Å². The molecule has 2 aromatic rings. The third-order valence-electron chi connectivity index (χ3n) is 2.03. The summed E-state index contributed by atoms with van der Waals surface area (Å²) in [5.74, 6) is 0. The van der Waals surface area contributed by atoms with Crippen LogP contribution in [0.2, 0.25) is 0 Å². The number of fused-ring (bicyclic) bond motifs is 1. The highest BCUT2D eigenvalue weighted by molar-refractivity contribution is 7.86. The molecule has 0 unspecified atom stereocenters. The largest absolute Gasteiger partial charge is 0.388 e. The van der Waals surface area contributed by atoms with Crippen LogP contribution in [0.1, 0.15) is 0 Å². The lowest BCUT2D eigenvalue weighted by molar-refractivity contribution is 0.277. The maximum absolute atomic E-state index is 11.0. The molecule has 0 aliphatic carbocycles. The molecule has 0 aliphatic heterocycles. The third kappa shape index (κ3) is 3.52. The van der Waals surface area contributed by atoms with Gasteiger partial charge >= 0.3 is 0 Å². The van der Waals surface area contributed by atoms with Gasteiger partial charge in [-0.3, -0.25) is 4.55 Å². The monoisotopic (exact) mass is 254 g/mol. The molecule has 0 saturated heterocycles. The summed E-state index contributed by atoms with van der Waals surface area (Å²) in [6.07, 6.45) is 0. The molecule has 0 heterocycles. The number of rotatable bonds is 1. The van der Waals surface area contributed by atoms with Gasteiger partial charge in [0.1, 0.15) is 4.90 Å². The van der Waals surface area contributed by atoms with E-state index in [1.54, 1.807) is 44.6 Å². The first kappa shape index (κ1) is 13.6. The summed E-state index contributed by atoms with van der Waals surface area (Å²) in [6.45, 7) is 0. The maximum Gasteiger partial charge on any atom is 0.295 e. The van der Waals surface area contributed by atoms with Gasteiger partial charge in [-0.15, -0.1) is 0 Å². The van der Waals surface area contributed by atoms with Crippen LogP contribution in [0.25, 0.3) is 10.8 Å². The zero-order valence-corrected chi connectivity index (χ0v) is 10.4. The van der Waals surface area contributed by atoms with E-state index in [0.29, 0.717) is 5.39 Å². The Hall–Kier alpha value is -1.43. The number of ether oxygens (including phenoxy) is 1. The van der Waals surface area contributed by atoms with Crippen LogP contribution in [0.3, 0.4) is 0 Å². The Kier molecular flexibility index (Phi) is 4.62. The molecule has 2 aromatic carbocycles. The van der Waals surface area contributed by atoms with Crippen molar-refractivity contribution in [2.24, 2.45) is 0 Å². The summed E-state index contributed by atoms with van der Waals surface area (Å²) in [4.78, 5) is -0.0457. The Balaban J connectivity index is 0.000000437. The van der Waals surface area contributed by atoms with Gasteiger partial charge in [0.25, 0.3) is 10.1 Å². The van der Waals surface area contributed by atoms with Crippen molar-refractivity contribution < 1.29 is 17.7 Å². The molecule has 0 aromatic heterocycles. The van der Waals surface area contributed by atoms with Crippen molar-refractivity contribution in [3.8, 4) is 0 Å². The summed E-state index contributed by atoms with van der Waals surface area (Å²) < 4.78 is 35.2. The van der Waals surface area contributed by atoms with Crippen molar-refractivity contribution in [1.82, 2.24) is 0 Å². The summed E-state index contributed by atoms with van der Waals surface area (Å²) in [5, 5.41) is 1.33. The van der Waals surface area contributed by atoms with E-state index in [4.69, 9.17) is 4.55 Å². The minimum absolute atomic E-state index is 0.0457. The number of hydrogen-bond donors (Lipinski definition) is 1. The summed E-state index contributed by atoms with van der Waals surface area (Å²) in [5.41, 5.74) is 0. The van der Waals surface area contributed by atoms with Gasteiger partial charge in [-0.1, -0.05) is 36.4 Å². The molecular formula is C12H14O4S. The van der Waals surface area contributed by atoms with E-state index in [0.717, 1.165) is 5.39 Å². The zero-order chi connectivity index (χ0) is 12.9. The van der Waals surface area contributed by atoms with Crippen LogP contribution in [0.5, 0.6) is 0 Å². The molecule has 17 heavy (non-hydrogen) atoms. The predicted octanol–water partition coefficient (Wildman–Crippen LogP) is 2.35. The first-order valence-electron chi connectivity index (χ1n) is 4.86. The summed E-state index contributed by atoms with van der Waals surface area (Å²) in [6, 6.07) is 11.8. The van der Waals surface area contributed by atoms with E-state index in [9.17, 15) is 8.42 Å². The quantitative estimate of drug-likeness (QED) is 0.793. The highest BCUT2D eigenvalue weighted by atomic mass is 32.2. The minimum atomic E-state index is -4.13. The smallest absolute Gasteiger partial charge is 0.295 e. The van der Waals surface area contributed by atoms with E-state index in [1.807, 2.05) is 6.07 Å². The van der Waals surface area contributed by atoms with Crippen LogP contribution in [0.4, 0.5) is 0 Å². The Morgan fingerprint density at radius 1 is 1.00 bits per heavy atom. The van der Waals surface area contributed by atoms with E-state index >= 15 is 0 Å². The normalized spacial score (nSPS) is 10.8. The second kappa shape index (κ2) is 5.77. The molecule has 92 valence electrons. The van der Waals surface area contributed by atoms with Gasteiger partial charge in [0.05, 0.1) is 0 Å². The fraction of sp³-hybridized carbons (Fsp3) is 0.167.